The van der Waals surface area contributed by atoms with E-state index in [-0.39, 0.29) is 29.9 Å². The molecule has 0 saturated heterocycles. The van der Waals surface area contributed by atoms with Gasteiger partial charge in [-0.25, -0.2) is 13.8 Å². The van der Waals surface area contributed by atoms with Gasteiger partial charge in [0.25, 0.3) is 0 Å². The standard InChI is InChI=1S/C16H17F5N4/c1-3-9(2)23-15-24-13(16(19,20)21)7-14(25-15)22-8-10-4-11(17)6-12(18)5-10/h4-7,9H,3,8H2,1-2H3,(H2,22,23,24,25)/t9-/m1/s1. The second-order valence-corrected chi connectivity index (χ2v) is 5.54. The highest BCUT2D eigenvalue weighted by Gasteiger charge is 2.33. The predicted molar refractivity (Wildman–Crippen MR) is 84.1 cm³/mol. The average Bonchev–Trinajstić information content (AvgIpc) is 2.51. The Morgan fingerprint density at radius 1 is 1.04 bits per heavy atom. The summed E-state index contributed by atoms with van der Waals surface area (Å²) >= 11 is 0. The lowest BCUT2D eigenvalue weighted by Crippen LogP contribution is -2.19. The number of halogens is 5. The summed E-state index contributed by atoms with van der Waals surface area (Å²) in [5.41, 5.74) is -0.873. The minimum Gasteiger partial charge on any atom is -0.366 e. The topological polar surface area (TPSA) is 49.8 Å². The number of hydrogen-bond donors (Lipinski definition) is 2. The van der Waals surface area contributed by atoms with Crippen molar-refractivity contribution >= 4 is 11.8 Å². The Morgan fingerprint density at radius 2 is 1.68 bits per heavy atom. The fourth-order valence-corrected chi connectivity index (χ4v) is 1.98. The van der Waals surface area contributed by atoms with Crippen molar-refractivity contribution < 1.29 is 22.0 Å². The molecule has 0 unspecified atom stereocenters. The first kappa shape index (κ1) is 18.9. The third-order valence-electron chi connectivity index (χ3n) is 3.40. The highest BCUT2D eigenvalue weighted by molar-refractivity contribution is 5.44. The van der Waals surface area contributed by atoms with Gasteiger partial charge in [0.1, 0.15) is 17.5 Å². The molecular weight excluding hydrogens is 343 g/mol. The fourth-order valence-electron chi connectivity index (χ4n) is 1.98. The molecule has 1 heterocycles. The number of nitrogens with one attached hydrogen (secondary N) is 2. The highest BCUT2D eigenvalue weighted by atomic mass is 19.4. The minimum atomic E-state index is -4.64. The van der Waals surface area contributed by atoms with Gasteiger partial charge in [0.2, 0.25) is 5.95 Å². The Balaban J connectivity index is 2.24. The van der Waals surface area contributed by atoms with E-state index in [1.807, 2.05) is 6.92 Å². The molecule has 1 aromatic heterocycles. The predicted octanol–water partition coefficient (Wildman–Crippen LogP) is 4.60. The van der Waals surface area contributed by atoms with Gasteiger partial charge in [-0.2, -0.15) is 18.2 Å². The van der Waals surface area contributed by atoms with Crippen LogP contribution in [0.25, 0.3) is 0 Å². The SMILES string of the molecule is CC[C@@H](C)Nc1nc(NCc2cc(F)cc(F)c2)cc(C(F)(F)F)n1. The summed E-state index contributed by atoms with van der Waals surface area (Å²) < 4.78 is 65.3. The zero-order valence-electron chi connectivity index (χ0n) is 13.6. The van der Waals surface area contributed by atoms with Crippen molar-refractivity contribution in [3.05, 3.63) is 47.2 Å². The van der Waals surface area contributed by atoms with Crippen LogP contribution in [0.3, 0.4) is 0 Å². The number of aromatic nitrogens is 2. The molecule has 1 aromatic carbocycles. The number of nitrogens with zero attached hydrogens (tertiary/aromatic N) is 2. The van der Waals surface area contributed by atoms with E-state index in [0.29, 0.717) is 12.5 Å². The molecule has 0 bridgehead atoms. The summed E-state index contributed by atoms with van der Waals surface area (Å²) in [5, 5.41) is 5.41. The van der Waals surface area contributed by atoms with Gasteiger partial charge in [0.15, 0.2) is 5.69 Å². The Hall–Kier alpha value is -2.45. The maximum absolute atomic E-state index is 13.2. The van der Waals surface area contributed by atoms with E-state index in [4.69, 9.17) is 0 Å². The monoisotopic (exact) mass is 360 g/mol. The van der Waals surface area contributed by atoms with Gasteiger partial charge in [0.05, 0.1) is 0 Å². The maximum Gasteiger partial charge on any atom is 0.433 e. The lowest BCUT2D eigenvalue weighted by Gasteiger charge is -2.15. The average molecular weight is 360 g/mol. The largest absolute Gasteiger partial charge is 0.433 e. The molecule has 9 heteroatoms. The molecule has 0 fully saturated rings. The molecule has 4 nitrogen and oxygen atoms in total. The molecule has 1 atom stereocenters. The number of benzene rings is 1. The first-order valence-corrected chi connectivity index (χ1v) is 7.59. The van der Waals surface area contributed by atoms with Crippen molar-refractivity contribution in [1.29, 1.82) is 0 Å². The third-order valence-corrected chi connectivity index (χ3v) is 3.40. The van der Waals surface area contributed by atoms with Crippen molar-refractivity contribution in [2.24, 2.45) is 0 Å². The Morgan fingerprint density at radius 3 is 2.24 bits per heavy atom. The summed E-state index contributed by atoms with van der Waals surface area (Å²) in [6, 6.07) is 3.51. The molecule has 25 heavy (non-hydrogen) atoms. The summed E-state index contributed by atoms with van der Waals surface area (Å²) in [7, 11) is 0. The number of hydrogen-bond acceptors (Lipinski definition) is 4. The summed E-state index contributed by atoms with van der Waals surface area (Å²) in [6.07, 6.45) is -3.97. The van der Waals surface area contributed by atoms with Crippen LogP contribution in [0.1, 0.15) is 31.5 Å². The van der Waals surface area contributed by atoms with E-state index in [1.54, 1.807) is 6.92 Å². The van der Waals surface area contributed by atoms with E-state index in [1.165, 1.54) is 0 Å². The molecule has 0 radical (unpaired) electrons. The minimum absolute atomic E-state index is 0.0915. The van der Waals surface area contributed by atoms with Crippen LogP contribution in [0.5, 0.6) is 0 Å². The second kappa shape index (κ2) is 7.62. The van der Waals surface area contributed by atoms with Gasteiger partial charge in [0, 0.05) is 24.7 Å². The van der Waals surface area contributed by atoms with Crippen molar-refractivity contribution in [1.82, 2.24) is 9.97 Å². The lowest BCUT2D eigenvalue weighted by atomic mass is 10.2. The molecule has 0 aliphatic carbocycles. The number of alkyl halides is 3. The summed E-state index contributed by atoms with van der Waals surface area (Å²) in [4.78, 5) is 7.44. The molecular formula is C16H17F5N4. The summed E-state index contributed by atoms with van der Waals surface area (Å²) in [6.45, 7) is 3.56. The van der Waals surface area contributed by atoms with Crippen LogP contribution in [0.4, 0.5) is 33.7 Å². The molecule has 2 N–H and O–H groups in total. The Bertz CT molecular complexity index is 713. The van der Waals surface area contributed by atoms with Crippen LogP contribution in [0.15, 0.2) is 24.3 Å². The molecule has 2 aromatic rings. The van der Waals surface area contributed by atoms with E-state index in [9.17, 15) is 22.0 Å². The van der Waals surface area contributed by atoms with Crippen molar-refractivity contribution in [3.63, 3.8) is 0 Å². The van der Waals surface area contributed by atoms with Crippen LogP contribution in [-0.2, 0) is 12.7 Å². The fraction of sp³-hybridized carbons (Fsp3) is 0.375. The number of anilines is 2. The smallest absolute Gasteiger partial charge is 0.366 e. The number of rotatable bonds is 6. The van der Waals surface area contributed by atoms with Crippen LogP contribution in [-0.4, -0.2) is 16.0 Å². The molecule has 136 valence electrons. The Labute approximate surface area is 141 Å². The van der Waals surface area contributed by atoms with Crippen LogP contribution in [0.2, 0.25) is 0 Å². The summed E-state index contributed by atoms with van der Waals surface area (Å²) in [5.74, 6) is -1.81. The molecule has 0 aliphatic rings. The van der Waals surface area contributed by atoms with Crippen LogP contribution in [0, 0.1) is 11.6 Å². The van der Waals surface area contributed by atoms with Crippen LogP contribution >= 0.6 is 0 Å². The first-order valence-electron chi connectivity index (χ1n) is 7.59. The van der Waals surface area contributed by atoms with E-state index < -0.39 is 23.5 Å². The van der Waals surface area contributed by atoms with Gasteiger partial charge < -0.3 is 10.6 Å². The molecule has 0 spiro atoms. The van der Waals surface area contributed by atoms with Gasteiger partial charge in [-0.05, 0) is 31.0 Å². The van der Waals surface area contributed by atoms with Gasteiger partial charge in [-0.3, -0.25) is 0 Å². The van der Waals surface area contributed by atoms with Crippen molar-refractivity contribution in [2.75, 3.05) is 10.6 Å². The molecule has 0 saturated carbocycles. The van der Waals surface area contributed by atoms with Crippen LogP contribution < -0.4 is 10.6 Å². The highest BCUT2D eigenvalue weighted by Crippen LogP contribution is 2.30. The maximum atomic E-state index is 13.2. The van der Waals surface area contributed by atoms with Gasteiger partial charge in [-0.15, -0.1) is 0 Å². The molecule has 0 aliphatic heterocycles. The van der Waals surface area contributed by atoms with E-state index >= 15 is 0 Å². The van der Waals surface area contributed by atoms with Gasteiger partial charge >= 0.3 is 6.18 Å². The normalized spacial score (nSPS) is 12.8. The van der Waals surface area contributed by atoms with E-state index in [0.717, 1.165) is 18.2 Å². The van der Waals surface area contributed by atoms with Crippen molar-refractivity contribution in [3.8, 4) is 0 Å². The van der Waals surface area contributed by atoms with E-state index in [2.05, 4.69) is 20.6 Å². The van der Waals surface area contributed by atoms with Gasteiger partial charge in [-0.1, -0.05) is 6.92 Å². The third kappa shape index (κ3) is 5.54. The lowest BCUT2D eigenvalue weighted by molar-refractivity contribution is -0.141. The quantitative estimate of drug-likeness (QED) is 0.740. The Kier molecular flexibility index (Phi) is 5.76. The molecule has 0 amide bonds. The molecule has 2 rings (SSSR count). The van der Waals surface area contributed by atoms with Crippen molar-refractivity contribution in [2.45, 2.75) is 39.0 Å². The second-order valence-electron chi connectivity index (χ2n) is 5.54. The first-order chi connectivity index (χ1) is 11.7. The zero-order valence-corrected chi connectivity index (χ0v) is 13.6. The zero-order chi connectivity index (χ0) is 18.6.